The number of imidazole rings is 1. The number of hydrogen-bond donors (Lipinski definition) is 3. The summed E-state index contributed by atoms with van der Waals surface area (Å²) in [7, 11) is 0. The number of rotatable bonds is 7. The number of fused-ring (bicyclic) bond motifs is 2. The third-order valence-electron chi connectivity index (χ3n) is 5.06. The molecule has 2 aromatic heterocycles. The van der Waals surface area contributed by atoms with Crippen molar-refractivity contribution >= 4 is 16.9 Å². The van der Waals surface area contributed by atoms with Crippen molar-refractivity contribution in [2.45, 2.75) is 45.2 Å². The number of benzene rings is 1. The van der Waals surface area contributed by atoms with E-state index < -0.39 is 0 Å². The van der Waals surface area contributed by atoms with Crippen molar-refractivity contribution in [3.05, 3.63) is 57.6 Å². The van der Waals surface area contributed by atoms with Crippen molar-refractivity contribution in [2.24, 2.45) is 0 Å². The number of pyridine rings is 1. The van der Waals surface area contributed by atoms with Gasteiger partial charge in [-0.05, 0) is 48.8 Å². The number of H-pyrrole nitrogens is 1. The molecular weight excluding hydrogens is 328 g/mol. The molecule has 26 heavy (non-hydrogen) atoms. The van der Waals surface area contributed by atoms with Gasteiger partial charge in [-0.2, -0.15) is 0 Å². The molecule has 3 N–H and O–H groups in total. The SMILES string of the molecule is O=c1[nH]c(NCc2ccc3c(c2)CCC3)cc2ncn(CCCCO)c12. The molecule has 3 aromatic rings. The van der Waals surface area contributed by atoms with Crippen molar-refractivity contribution in [1.29, 1.82) is 0 Å². The molecule has 0 spiro atoms. The van der Waals surface area contributed by atoms with Gasteiger partial charge in [0.2, 0.25) is 0 Å². The van der Waals surface area contributed by atoms with Crippen LogP contribution in [0.3, 0.4) is 0 Å². The number of hydrogen-bond acceptors (Lipinski definition) is 4. The first kappa shape index (κ1) is 16.8. The Labute approximate surface area is 151 Å². The average molecular weight is 352 g/mol. The van der Waals surface area contributed by atoms with E-state index in [0.717, 1.165) is 12.8 Å². The average Bonchev–Trinajstić information content (AvgIpc) is 3.27. The van der Waals surface area contributed by atoms with E-state index in [9.17, 15) is 4.79 Å². The summed E-state index contributed by atoms with van der Waals surface area (Å²) < 4.78 is 1.86. The van der Waals surface area contributed by atoms with Gasteiger partial charge in [0.05, 0.1) is 11.8 Å². The second kappa shape index (κ2) is 7.33. The number of nitrogens with zero attached hydrogens (tertiary/aromatic N) is 2. The Hall–Kier alpha value is -2.60. The molecule has 6 nitrogen and oxygen atoms in total. The molecule has 0 saturated heterocycles. The van der Waals surface area contributed by atoms with Crippen LogP contribution in [0.5, 0.6) is 0 Å². The van der Waals surface area contributed by atoms with Crippen LogP contribution in [0.15, 0.2) is 35.4 Å². The Kier molecular flexibility index (Phi) is 4.75. The Morgan fingerprint density at radius 1 is 1.19 bits per heavy atom. The van der Waals surface area contributed by atoms with Crippen molar-refractivity contribution in [3.8, 4) is 0 Å². The summed E-state index contributed by atoms with van der Waals surface area (Å²) in [4.78, 5) is 19.7. The van der Waals surface area contributed by atoms with Gasteiger partial charge in [0.15, 0.2) is 0 Å². The zero-order valence-electron chi connectivity index (χ0n) is 14.8. The van der Waals surface area contributed by atoms with Crippen LogP contribution in [-0.4, -0.2) is 26.2 Å². The number of aryl methyl sites for hydroxylation is 3. The van der Waals surface area contributed by atoms with Gasteiger partial charge < -0.3 is 20.0 Å². The van der Waals surface area contributed by atoms with Crippen LogP contribution in [0.1, 0.15) is 36.0 Å². The van der Waals surface area contributed by atoms with Gasteiger partial charge in [0.25, 0.3) is 5.56 Å². The maximum atomic E-state index is 12.5. The maximum absolute atomic E-state index is 12.5. The summed E-state index contributed by atoms with van der Waals surface area (Å²) >= 11 is 0. The molecule has 2 heterocycles. The van der Waals surface area contributed by atoms with E-state index in [-0.39, 0.29) is 12.2 Å². The first-order valence-corrected chi connectivity index (χ1v) is 9.28. The van der Waals surface area contributed by atoms with Crippen LogP contribution in [0.2, 0.25) is 0 Å². The highest BCUT2D eigenvalue weighted by Crippen LogP contribution is 2.23. The summed E-state index contributed by atoms with van der Waals surface area (Å²) in [6.07, 6.45) is 6.84. The Bertz CT molecular complexity index is 974. The lowest BCUT2D eigenvalue weighted by Gasteiger charge is -2.09. The highest BCUT2D eigenvalue weighted by Gasteiger charge is 2.11. The molecule has 4 rings (SSSR count). The Morgan fingerprint density at radius 3 is 2.96 bits per heavy atom. The van der Waals surface area contributed by atoms with Gasteiger partial charge in [-0.1, -0.05) is 18.2 Å². The minimum Gasteiger partial charge on any atom is -0.396 e. The van der Waals surface area contributed by atoms with Crippen LogP contribution < -0.4 is 10.9 Å². The fraction of sp³-hybridized carbons (Fsp3) is 0.400. The largest absolute Gasteiger partial charge is 0.396 e. The van der Waals surface area contributed by atoms with Crippen molar-refractivity contribution < 1.29 is 5.11 Å². The second-order valence-corrected chi connectivity index (χ2v) is 6.92. The quantitative estimate of drug-likeness (QED) is 0.571. The number of anilines is 1. The zero-order chi connectivity index (χ0) is 17.9. The number of aromatic amines is 1. The van der Waals surface area contributed by atoms with Crippen LogP contribution in [0.4, 0.5) is 5.82 Å². The monoisotopic (exact) mass is 352 g/mol. The molecule has 1 aliphatic rings. The predicted molar refractivity (Wildman–Crippen MR) is 102 cm³/mol. The van der Waals surface area contributed by atoms with Crippen molar-refractivity contribution in [1.82, 2.24) is 14.5 Å². The molecule has 1 aromatic carbocycles. The Balaban J connectivity index is 1.50. The summed E-state index contributed by atoms with van der Waals surface area (Å²) in [5.41, 5.74) is 5.28. The molecule has 0 radical (unpaired) electrons. The molecule has 1 aliphatic carbocycles. The van der Waals surface area contributed by atoms with Gasteiger partial charge in [0, 0.05) is 25.8 Å². The molecule has 0 aliphatic heterocycles. The minimum absolute atomic E-state index is 0.138. The van der Waals surface area contributed by atoms with E-state index in [4.69, 9.17) is 5.11 Å². The summed E-state index contributed by atoms with van der Waals surface area (Å²) in [5.74, 6) is 0.684. The maximum Gasteiger partial charge on any atom is 0.275 e. The van der Waals surface area contributed by atoms with Crippen LogP contribution in [0.25, 0.3) is 11.0 Å². The molecule has 0 fully saturated rings. The van der Waals surface area contributed by atoms with Crippen LogP contribution in [0, 0.1) is 0 Å². The van der Waals surface area contributed by atoms with Crippen LogP contribution in [-0.2, 0) is 25.9 Å². The molecule has 6 heteroatoms. The molecule has 0 atom stereocenters. The zero-order valence-corrected chi connectivity index (χ0v) is 14.8. The van der Waals surface area contributed by atoms with Gasteiger partial charge >= 0.3 is 0 Å². The molecular formula is C20H24N4O2. The number of aliphatic hydroxyl groups excluding tert-OH is 1. The number of nitrogens with one attached hydrogen (secondary N) is 2. The van der Waals surface area contributed by atoms with E-state index in [1.165, 1.54) is 36.0 Å². The molecule has 0 bridgehead atoms. The lowest BCUT2D eigenvalue weighted by Crippen LogP contribution is -2.14. The lowest BCUT2D eigenvalue weighted by molar-refractivity contribution is 0.281. The summed E-state index contributed by atoms with van der Waals surface area (Å²) in [6, 6.07) is 8.53. The van der Waals surface area contributed by atoms with E-state index >= 15 is 0 Å². The molecule has 0 saturated carbocycles. The van der Waals surface area contributed by atoms with E-state index in [2.05, 4.69) is 33.5 Å². The third-order valence-corrected chi connectivity index (χ3v) is 5.06. The highest BCUT2D eigenvalue weighted by atomic mass is 16.2. The number of unbranched alkanes of at least 4 members (excludes halogenated alkanes) is 1. The topological polar surface area (TPSA) is 82.9 Å². The number of aliphatic hydroxyl groups is 1. The summed E-state index contributed by atoms with van der Waals surface area (Å²) in [5, 5.41) is 12.2. The van der Waals surface area contributed by atoms with Gasteiger partial charge in [-0.3, -0.25) is 4.79 Å². The fourth-order valence-electron chi connectivity index (χ4n) is 3.70. The van der Waals surface area contributed by atoms with Crippen molar-refractivity contribution in [2.75, 3.05) is 11.9 Å². The lowest BCUT2D eigenvalue weighted by atomic mass is 10.1. The van der Waals surface area contributed by atoms with E-state index in [1.807, 2.05) is 10.6 Å². The molecule has 0 unspecified atom stereocenters. The van der Waals surface area contributed by atoms with Gasteiger partial charge in [0.1, 0.15) is 11.3 Å². The van der Waals surface area contributed by atoms with Gasteiger partial charge in [-0.25, -0.2) is 4.98 Å². The molecule has 0 amide bonds. The van der Waals surface area contributed by atoms with E-state index in [0.29, 0.717) is 29.9 Å². The normalized spacial score (nSPS) is 13.3. The Morgan fingerprint density at radius 2 is 2.08 bits per heavy atom. The highest BCUT2D eigenvalue weighted by molar-refractivity contribution is 5.77. The summed E-state index contributed by atoms with van der Waals surface area (Å²) in [6.45, 7) is 1.52. The van der Waals surface area contributed by atoms with Gasteiger partial charge in [-0.15, -0.1) is 0 Å². The molecule has 136 valence electrons. The second-order valence-electron chi connectivity index (χ2n) is 6.92. The first-order chi connectivity index (χ1) is 12.7. The number of aromatic nitrogens is 3. The fourth-order valence-corrected chi connectivity index (χ4v) is 3.70. The van der Waals surface area contributed by atoms with Crippen molar-refractivity contribution in [3.63, 3.8) is 0 Å². The first-order valence-electron chi connectivity index (χ1n) is 9.28. The minimum atomic E-state index is -0.138. The van der Waals surface area contributed by atoms with E-state index in [1.54, 1.807) is 6.33 Å². The predicted octanol–water partition coefficient (Wildman–Crippen LogP) is 2.60. The third kappa shape index (κ3) is 3.37. The standard InChI is InChI=1S/C20H24N4O2/c25-9-2-1-8-24-13-22-17-11-18(23-20(26)19(17)24)21-12-14-6-7-15-4-3-5-16(15)10-14/h6-7,10-11,13,25H,1-5,8-9,12H2,(H2,21,23,26). The smallest absolute Gasteiger partial charge is 0.275 e. The van der Waals surface area contributed by atoms with Crippen LogP contribution >= 0.6 is 0 Å².